The average Bonchev–Trinajstić information content (AvgIpc) is 2.77. The molecule has 0 N–H and O–H groups in total. The van der Waals surface area contributed by atoms with E-state index in [0.717, 1.165) is 37.6 Å². The van der Waals surface area contributed by atoms with Gasteiger partial charge in [-0.3, -0.25) is 4.79 Å². The van der Waals surface area contributed by atoms with E-state index in [-0.39, 0.29) is 18.1 Å². The van der Waals surface area contributed by atoms with Gasteiger partial charge < -0.3 is 9.64 Å². The van der Waals surface area contributed by atoms with Gasteiger partial charge in [-0.1, -0.05) is 0 Å². The highest BCUT2D eigenvalue weighted by molar-refractivity contribution is 5.76. The Bertz CT molecular complexity index is 484. The molecule has 0 saturated carbocycles. The molecule has 1 aromatic rings. The molecule has 0 spiro atoms. The summed E-state index contributed by atoms with van der Waals surface area (Å²) in [4.78, 5) is 18.5. The second kappa shape index (κ2) is 7.02. The van der Waals surface area contributed by atoms with Gasteiger partial charge in [-0.05, 0) is 40.5 Å². The fourth-order valence-corrected chi connectivity index (χ4v) is 2.80. The van der Waals surface area contributed by atoms with Crippen LogP contribution in [0, 0.1) is 13.8 Å². The standard InChI is InChI=1S/C15H26N4O2/c1-11(2)21-9-7-15(20)18-8-5-6-14(10-18)19-13(4)16-12(3)17-19/h11,14H,5-10H2,1-4H3/t14-/m0/s1. The molecule has 1 aliphatic heterocycles. The fourth-order valence-electron chi connectivity index (χ4n) is 2.80. The topological polar surface area (TPSA) is 60.2 Å². The van der Waals surface area contributed by atoms with E-state index < -0.39 is 0 Å². The fraction of sp³-hybridized carbons (Fsp3) is 0.800. The lowest BCUT2D eigenvalue weighted by atomic mass is 10.1. The highest BCUT2D eigenvalue weighted by Crippen LogP contribution is 2.22. The second-order valence-corrected chi connectivity index (χ2v) is 5.96. The van der Waals surface area contributed by atoms with Crippen molar-refractivity contribution in [3.63, 3.8) is 0 Å². The molecular weight excluding hydrogens is 268 g/mol. The Labute approximate surface area is 126 Å². The highest BCUT2D eigenvalue weighted by atomic mass is 16.5. The van der Waals surface area contributed by atoms with Gasteiger partial charge >= 0.3 is 0 Å². The van der Waals surface area contributed by atoms with E-state index in [2.05, 4.69) is 10.1 Å². The van der Waals surface area contributed by atoms with Crippen molar-refractivity contribution in [2.45, 2.75) is 59.1 Å². The molecule has 1 aromatic heterocycles. The SMILES string of the molecule is Cc1nc(C)n([C@H]2CCCN(C(=O)CCOC(C)C)C2)n1. The largest absolute Gasteiger partial charge is 0.378 e. The number of piperidine rings is 1. The van der Waals surface area contributed by atoms with Gasteiger partial charge in [0, 0.05) is 13.1 Å². The number of hydrogen-bond donors (Lipinski definition) is 0. The Hall–Kier alpha value is -1.43. The van der Waals surface area contributed by atoms with Crippen LogP contribution in [0.2, 0.25) is 0 Å². The second-order valence-electron chi connectivity index (χ2n) is 5.96. The molecule has 1 saturated heterocycles. The predicted molar refractivity (Wildman–Crippen MR) is 80.1 cm³/mol. The van der Waals surface area contributed by atoms with Crippen LogP contribution in [0.25, 0.3) is 0 Å². The maximum Gasteiger partial charge on any atom is 0.224 e. The molecule has 2 rings (SSSR count). The average molecular weight is 294 g/mol. The summed E-state index contributed by atoms with van der Waals surface area (Å²) in [7, 11) is 0. The lowest BCUT2D eigenvalue weighted by Gasteiger charge is -2.33. The Balaban J connectivity index is 1.91. The first kappa shape index (κ1) is 15.9. The van der Waals surface area contributed by atoms with Crippen molar-refractivity contribution < 1.29 is 9.53 Å². The summed E-state index contributed by atoms with van der Waals surface area (Å²) < 4.78 is 7.43. The number of rotatable bonds is 5. The lowest BCUT2D eigenvalue weighted by molar-refractivity contribution is -0.134. The molecule has 0 radical (unpaired) electrons. The molecule has 1 fully saturated rings. The predicted octanol–water partition coefficient (Wildman–Crippen LogP) is 1.87. The van der Waals surface area contributed by atoms with Crippen LogP contribution in [0.1, 0.15) is 50.8 Å². The monoisotopic (exact) mass is 294 g/mol. The van der Waals surface area contributed by atoms with E-state index >= 15 is 0 Å². The highest BCUT2D eigenvalue weighted by Gasteiger charge is 2.26. The molecular formula is C15H26N4O2. The van der Waals surface area contributed by atoms with Crippen LogP contribution >= 0.6 is 0 Å². The van der Waals surface area contributed by atoms with Crippen molar-refractivity contribution in [1.29, 1.82) is 0 Å². The Morgan fingerprint density at radius 2 is 2.19 bits per heavy atom. The number of carbonyl (C=O) groups excluding carboxylic acids is 1. The smallest absolute Gasteiger partial charge is 0.224 e. The third-order valence-corrected chi connectivity index (χ3v) is 3.77. The van der Waals surface area contributed by atoms with Gasteiger partial charge in [0.25, 0.3) is 0 Å². The molecule has 1 amide bonds. The number of amides is 1. The summed E-state index contributed by atoms with van der Waals surface area (Å²) in [5.74, 6) is 1.89. The van der Waals surface area contributed by atoms with Gasteiger partial charge in [0.05, 0.1) is 25.2 Å². The van der Waals surface area contributed by atoms with Crippen LogP contribution in [0.3, 0.4) is 0 Å². The van der Waals surface area contributed by atoms with E-state index in [1.54, 1.807) is 0 Å². The number of aryl methyl sites for hydroxylation is 2. The zero-order valence-electron chi connectivity index (χ0n) is 13.5. The Morgan fingerprint density at radius 3 is 2.81 bits per heavy atom. The molecule has 6 nitrogen and oxygen atoms in total. The number of nitrogens with zero attached hydrogens (tertiary/aromatic N) is 4. The van der Waals surface area contributed by atoms with Crippen LogP contribution in [-0.2, 0) is 9.53 Å². The minimum absolute atomic E-state index is 0.174. The van der Waals surface area contributed by atoms with Crippen LogP contribution in [0.4, 0.5) is 0 Å². The third kappa shape index (κ3) is 4.27. The molecule has 1 atom stereocenters. The van der Waals surface area contributed by atoms with E-state index in [1.807, 2.05) is 37.3 Å². The molecule has 2 heterocycles. The summed E-state index contributed by atoms with van der Waals surface area (Å²) in [5, 5.41) is 4.46. The molecule has 6 heteroatoms. The number of likely N-dealkylation sites (tertiary alicyclic amines) is 1. The van der Waals surface area contributed by atoms with Crippen LogP contribution in [0.5, 0.6) is 0 Å². The molecule has 0 unspecified atom stereocenters. The number of aromatic nitrogens is 3. The summed E-state index contributed by atoms with van der Waals surface area (Å²) in [5.41, 5.74) is 0. The maximum atomic E-state index is 12.2. The first-order valence-electron chi connectivity index (χ1n) is 7.76. The Kier molecular flexibility index (Phi) is 5.33. The van der Waals surface area contributed by atoms with Crippen molar-refractivity contribution in [3.8, 4) is 0 Å². The summed E-state index contributed by atoms with van der Waals surface area (Å²) in [6.45, 7) is 9.90. The van der Waals surface area contributed by atoms with Gasteiger partial charge in [0.15, 0.2) is 0 Å². The number of hydrogen-bond acceptors (Lipinski definition) is 4. The van der Waals surface area contributed by atoms with Crippen molar-refractivity contribution >= 4 is 5.91 Å². The molecule has 0 aromatic carbocycles. The molecule has 0 bridgehead atoms. The van der Waals surface area contributed by atoms with Crippen molar-refractivity contribution in [1.82, 2.24) is 19.7 Å². The number of carbonyl (C=O) groups is 1. The van der Waals surface area contributed by atoms with E-state index in [9.17, 15) is 4.79 Å². The van der Waals surface area contributed by atoms with Gasteiger partial charge in [-0.2, -0.15) is 5.10 Å². The van der Waals surface area contributed by atoms with E-state index in [4.69, 9.17) is 4.74 Å². The van der Waals surface area contributed by atoms with Crippen LogP contribution in [-0.4, -0.2) is 51.4 Å². The zero-order valence-corrected chi connectivity index (χ0v) is 13.5. The summed E-state index contributed by atoms with van der Waals surface area (Å²) in [6.07, 6.45) is 2.70. The Morgan fingerprint density at radius 1 is 1.43 bits per heavy atom. The normalized spacial score (nSPS) is 19.3. The summed E-state index contributed by atoms with van der Waals surface area (Å²) >= 11 is 0. The minimum Gasteiger partial charge on any atom is -0.378 e. The molecule has 0 aliphatic carbocycles. The lowest BCUT2D eigenvalue weighted by Crippen LogP contribution is -2.41. The quantitative estimate of drug-likeness (QED) is 0.832. The van der Waals surface area contributed by atoms with Gasteiger partial charge in [0.2, 0.25) is 5.91 Å². The van der Waals surface area contributed by atoms with Gasteiger partial charge in [-0.25, -0.2) is 9.67 Å². The summed E-state index contributed by atoms with van der Waals surface area (Å²) in [6, 6.07) is 0.245. The molecule has 118 valence electrons. The molecule has 21 heavy (non-hydrogen) atoms. The zero-order chi connectivity index (χ0) is 15.4. The third-order valence-electron chi connectivity index (χ3n) is 3.77. The first-order chi connectivity index (χ1) is 9.97. The van der Waals surface area contributed by atoms with Crippen molar-refractivity contribution in [2.75, 3.05) is 19.7 Å². The first-order valence-corrected chi connectivity index (χ1v) is 7.76. The van der Waals surface area contributed by atoms with E-state index in [1.165, 1.54) is 0 Å². The van der Waals surface area contributed by atoms with Crippen LogP contribution < -0.4 is 0 Å². The molecule has 1 aliphatic rings. The van der Waals surface area contributed by atoms with Gasteiger partial charge in [-0.15, -0.1) is 0 Å². The van der Waals surface area contributed by atoms with Crippen LogP contribution in [0.15, 0.2) is 0 Å². The van der Waals surface area contributed by atoms with Crippen molar-refractivity contribution in [2.24, 2.45) is 0 Å². The minimum atomic E-state index is 0.174. The van der Waals surface area contributed by atoms with Gasteiger partial charge in [0.1, 0.15) is 11.6 Å². The number of ether oxygens (including phenoxy) is 1. The van der Waals surface area contributed by atoms with Crippen molar-refractivity contribution in [3.05, 3.63) is 11.6 Å². The van der Waals surface area contributed by atoms with E-state index in [0.29, 0.717) is 13.0 Å². The maximum absolute atomic E-state index is 12.2.